The van der Waals surface area contributed by atoms with Gasteiger partial charge in [0, 0.05) is 64.4 Å². The molecule has 4 rings (SSSR count). The van der Waals surface area contributed by atoms with Crippen LogP contribution in [-0.2, 0) is 9.53 Å². The van der Waals surface area contributed by atoms with E-state index in [1.165, 1.54) is 25.7 Å². The number of amides is 1. The zero-order valence-electron chi connectivity index (χ0n) is 18.8. The van der Waals surface area contributed by atoms with Crippen LogP contribution in [0.3, 0.4) is 0 Å². The third kappa shape index (κ3) is 4.90. The summed E-state index contributed by atoms with van der Waals surface area (Å²) in [4.78, 5) is 23.9. The van der Waals surface area contributed by atoms with E-state index < -0.39 is 0 Å². The molecule has 30 heavy (non-hydrogen) atoms. The molecule has 2 aliphatic carbocycles. The van der Waals surface area contributed by atoms with Crippen molar-refractivity contribution in [2.24, 2.45) is 10.4 Å². The molecular weight excluding hydrogens is 493 g/mol. The molecule has 2 saturated carbocycles. The molecule has 172 valence electrons. The Morgan fingerprint density at radius 1 is 1.03 bits per heavy atom. The largest absolute Gasteiger partial charge is 0.378 e. The number of likely N-dealkylation sites (tertiary alicyclic amines) is 1. The van der Waals surface area contributed by atoms with E-state index in [-0.39, 0.29) is 24.0 Å². The number of nitrogens with one attached hydrogen (secondary N) is 1. The molecule has 2 unspecified atom stereocenters. The van der Waals surface area contributed by atoms with Crippen LogP contribution in [0.15, 0.2) is 4.99 Å². The Hall–Kier alpha value is -0.610. The van der Waals surface area contributed by atoms with E-state index in [9.17, 15) is 4.79 Å². The summed E-state index contributed by atoms with van der Waals surface area (Å²) in [5, 5.41) is 3.76. The predicted octanol–water partition coefficient (Wildman–Crippen LogP) is 2.16. The van der Waals surface area contributed by atoms with Gasteiger partial charge < -0.3 is 19.9 Å². The molecule has 8 heteroatoms. The first-order valence-corrected chi connectivity index (χ1v) is 11.8. The van der Waals surface area contributed by atoms with Crippen molar-refractivity contribution < 1.29 is 9.53 Å². The van der Waals surface area contributed by atoms with Gasteiger partial charge in [-0.25, -0.2) is 0 Å². The summed E-state index contributed by atoms with van der Waals surface area (Å²) in [7, 11) is 1.89. The second kappa shape index (κ2) is 10.8. The smallest absolute Gasteiger partial charge is 0.236 e. The number of carbonyl (C=O) groups excluding carboxylic acids is 1. The van der Waals surface area contributed by atoms with E-state index in [0.29, 0.717) is 30.0 Å². The van der Waals surface area contributed by atoms with Crippen LogP contribution in [0.2, 0.25) is 0 Å². The second-order valence-electron chi connectivity index (χ2n) is 9.22. The van der Waals surface area contributed by atoms with Gasteiger partial charge in [-0.2, -0.15) is 0 Å². The van der Waals surface area contributed by atoms with E-state index in [4.69, 9.17) is 4.74 Å². The van der Waals surface area contributed by atoms with Crippen molar-refractivity contribution in [1.82, 2.24) is 20.0 Å². The highest BCUT2D eigenvalue weighted by molar-refractivity contribution is 14.0. The zero-order chi connectivity index (χ0) is 20.3. The number of piperidine rings is 1. The number of hydrogen-bond donors (Lipinski definition) is 1. The fourth-order valence-corrected chi connectivity index (χ4v) is 5.65. The number of hydrogen-bond acceptors (Lipinski definition) is 4. The van der Waals surface area contributed by atoms with Crippen LogP contribution in [0.1, 0.15) is 51.9 Å². The van der Waals surface area contributed by atoms with Crippen molar-refractivity contribution in [3.63, 3.8) is 0 Å². The zero-order valence-corrected chi connectivity index (χ0v) is 21.1. The monoisotopic (exact) mass is 533 g/mol. The maximum absolute atomic E-state index is 12.5. The quantitative estimate of drug-likeness (QED) is 0.334. The molecule has 2 atom stereocenters. The first-order chi connectivity index (χ1) is 14.2. The molecule has 0 aromatic rings. The normalized spacial score (nSPS) is 29.1. The summed E-state index contributed by atoms with van der Waals surface area (Å²) in [5.74, 6) is 1.34. The molecule has 2 aliphatic heterocycles. The number of rotatable bonds is 5. The molecule has 2 saturated heterocycles. The van der Waals surface area contributed by atoms with Crippen molar-refractivity contribution in [2.45, 2.75) is 64.0 Å². The van der Waals surface area contributed by atoms with Crippen molar-refractivity contribution in [2.75, 3.05) is 59.5 Å². The lowest BCUT2D eigenvalue weighted by molar-refractivity contribution is -0.169. The van der Waals surface area contributed by atoms with Gasteiger partial charge in [0.1, 0.15) is 0 Å². The molecule has 4 fully saturated rings. The summed E-state index contributed by atoms with van der Waals surface area (Å²) >= 11 is 0. The predicted molar refractivity (Wildman–Crippen MR) is 130 cm³/mol. The number of ether oxygens (including phenoxy) is 1. The van der Waals surface area contributed by atoms with Gasteiger partial charge in [-0.3, -0.25) is 14.7 Å². The number of piperazine rings is 1. The van der Waals surface area contributed by atoms with Crippen molar-refractivity contribution in [3.05, 3.63) is 0 Å². The van der Waals surface area contributed by atoms with Crippen LogP contribution in [-0.4, -0.2) is 98.2 Å². The third-order valence-electron chi connectivity index (χ3n) is 7.69. The minimum atomic E-state index is 0. The van der Waals surface area contributed by atoms with Gasteiger partial charge in [-0.15, -0.1) is 24.0 Å². The van der Waals surface area contributed by atoms with Crippen LogP contribution in [0.5, 0.6) is 0 Å². The molecule has 0 radical (unpaired) electrons. The van der Waals surface area contributed by atoms with Gasteiger partial charge in [0.25, 0.3) is 0 Å². The highest BCUT2D eigenvalue weighted by Crippen LogP contribution is 2.57. The lowest BCUT2D eigenvalue weighted by Crippen LogP contribution is -2.69. The molecule has 0 bridgehead atoms. The molecule has 0 aromatic carbocycles. The van der Waals surface area contributed by atoms with Gasteiger partial charge in [-0.05, 0) is 45.4 Å². The van der Waals surface area contributed by atoms with Crippen molar-refractivity contribution in [1.29, 1.82) is 0 Å². The van der Waals surface area contributed by atoms with Crippen molar-refractivity contribution >= 4 is 35.8 Å². The Kier molecular flexibility index (Phi) is 8.66. The van der Waals surface area contributed by atoms with E-state index in [1.54, 1.807) is 0 Å². The number of nitrogens with zero attached hydrogens (tertiary/aromatic N) is 4. The summed E-state index contributed by atoms with van der Waals surface area (Å²) in [6, 6.07) is 0.491. The first-order valence-electron chi connectivity index (χ1n) is 11.8. The standard InChI is InChI=1S/C22H39N5O2.HI/c1-3-29-19-16-18(22(19)8-7-9-22)24-21(23-2)27-14-12-25(13-15-27)17-20(28)26-10-5-4-6-11-26;/h18-19H,3-17H2,1-2H3,(H,23,24);1H. The van der Waals surface area contributed by atoms with E-state index in [2.05, 4.69) is 31.9 Å². The molecule has 7 nitrogen and oxygen atoms in total. The van der Waals surface area contributed by atoms with Crippen LogP contribution >= 0.6 is 24.0 Å². The lowest BCUT2D eigenvalue weighted by atomic mass is 9.51. The lowest BCUT2D eigenvalue weighted by Gasteiger charge is -2.61. The minimum absolute atomic E-state index is 0. The number of halogens is 1. The average molecular weight is 533 g/mol. The summed E-state index contributed by atoms with van der Waals surface area (Å²) < 4.78 is 5.99. The van der Waals surface area contributed by atoms with Gasteiger partial charge in [0.2, 0.25) is 5.91 Å². The van der Waals surface area contributed by atoms with Crippen LogP contribution < -0.4 is 5.32 Å². The van der Waals surface area contributed by atoms with Crippen LogP contribution in [0.25, 0.3) is 0 Å². The maximum Gasteiger partial charge on any atom is 0.236 e. The number of guanidine groups is 1. The SMILES string of the molecule is CCOC1CC(NC(=NC)N2CCN(CC(=O)N3CCCCC3)CC2)C12CCC2.I. The minimum Gasteiger partial charge on any atom is -0.378 e. The molecule has 1 amide bonds. The highest BCUT2D eigenvalue weighted by Gasteiger charge is 2.59. The summed E-state index contributed by atoms with van der Waals surface area (Å²) in [6.07, 6.45) is 8.98. The number of aliphatic imine (C=N–C) groups is 1. The molecule has 1 N–H and O–H groups in total. The van der Waals surface area contributed by atoms with Gasteiger partial charge in [-0.1, -0.05) is 6.42 Å². The van der Waals surface area contributed by atoms with E-state index >= 15 is 0 Å². The third-order valence-corrected chi connectivity index (χ3v) is 7.69. The summed E-state index contributed by atoms with van der Waals surface area (Å²) in [5.41, 5.74) is 0.342. The Morgan fingerprint density at radius 2 is 1.73 bits per heavy atom. The Balaban J connectivity index is 0.00000256. The fraction of sp³-hybridized carbons (Fsp3) is 0.909. The van der Waals surface area contributed by atoms with Gasteiger partial charge in [0.15, 0.2) is 5.96 Å². The fourth-order valence-electron chi connectivity index (χ4n) is 5.65. The molecule has 2 heterocycles. The first kappa shape index (κ1) is 24.0. The Bertz CT molecular complexity index is 598. The molecule has 1 spiro atoms. The molecular formula is C22H40IN5O2. The maximum atomic E-state index is 12.5. The highest BCUT2D eigenvalue weighted by atomic mass is 127. The van der Waals surface area contributed by atoms with Crippen LogP contribution in [0, 0.1) is 5.41 Å². The van der Waals surface area contributed by atoms with E-state index in [1.807, 2.05) is 7.05 Å². The van der Waals surface area contributed by atoms with Crippen molar-refractivity contribution in [3.8, 4) is 0 Å². The Morgan fingerprint density at radius 3 is 2.30 bits per heavy atom. The van der Waals surface area contributed by atoms with Crippen LogP contribution in [0.4, 0.5) is 0 Å². The molecule has 4 aliphatic rings. The summed E-state index contributed by atoms with van der Waals surface area (Å²) in [6.45, 7) is 9.09. The topological polar surface area (TPSA) is 60.4 Å². The van der Waals surface area contributed by atoms with Gasteiger partial charge >= 0.3 is 0 Å². The average Bonchev–Trinajstić information content (AvgIpc) is 2.70. The van der Waals surface area contributed by atoms with Gasteiger partial charge in [0.05, 0.1) is 12.6 Å². The number of carbonyl (C=O) groups is 1. The molecule has 0 aromatic heterocycles. The van der Waals surface area contributed by atoms with E-state index in [0.717, 1.165) is 71.1 Å². The Labute approximate surface area is 199 Å². The second-order valence-corrected chi connectivity index (χ2v) is 9.22.